The molecule has 2 aromatic rings. The minimum absolute atomic E-state index is 0.0146. The van der Waals surface area contributed by atoms with Crippen molar-refractivity contribution in [2.75, 3.05) is 49.3 Å². The zero-order valence-electron chi connectivity index (χ0n) is 23.8. The molecule has 2 fully saturated rings. The maximum absolute atomic E-state index is 13.6. The van der Waals surface area contributed by atoms with Crippen molar-refractivity contribution in [1.82, 2.24) is 9.80 Å². The number of aryl methyl sites for hydroxylation is 1. The molecule has 0 aromatic heterocycles. The highest BCUT2D eigenvalue weighted by molar-refractivity contribution is 7.81. The molecule has 1 N–H and O–H groups in total. The van der Waals surface area contributed by atoms with E-state index in [0.717, 1.165) is 17.0 Å². The second kappa shape index (κ2) is 12.3. The van der Waals surface area contributed by atoms with Crippen LogP contribution in [0.3, 0.4) is 0 Å². The molecule has 0 saturated carbocycles. The van der Waals surface area contributed by atoms with E-state index in [1.807, 2.05) is 6.92 Å². The van der Waals surface area contributed by atoms with E-state index in [4.69, 9.17) is 22.2 Å². The first kappa shape index (κ1) is 32.0. The van der Waals surface area contributed by atoms with Gasteiger partial charge in [-0.05, 0) is 75.0 Å². The molecule has 2 aliphatic heterocycles. The fourth-order valence-electron chi connectivity index (χ4n) is 5.41. The van der Waals surface area contributed by atoms with Gasteiger partial charge in [-0.1, -0.05) is 0 Å². The SMILES string of the molecule is C[C@H]1CN(CCOc2ccc(N3C(=S)N(c4ccc(C#N)c(C(F)(F)F)c4)C(=O)C3(C)C)cc2CCF)CCN1C(=O)O. The van der Waals surface area contributed by atoms with Crippen LogP contribution in [0.1, 0.15) is 37.5 Å². The summed E-state index contributed by atoms with van der Waals surface area (Å²) in [6.45, 7) is 6.64. The number of nitrogens with zero attached hydrogens (tertiary/aromatic N) is 5. The molecule has 9 nitrogen and oxygen atoms in total. The summed E-state index contributed by atoms with van der Waals surface area (Å²) in [6.07, 6.45) is -5.75. The van der Waals surface area contributed by atoms with E-state index in [1.54, 1.807) is 32.0 Å². The number of anilines is 2. The molecule has 4 rings (SSSR count). The van der Waals surface area contributed by atoms with Crippen LogP contribution in [0.2, 0.25) is 0 Å². The number of alkyl halides is 4. The highest BCUT2D eigenvalue weighted by Crippen LogP contribution is 2.40. The third kappa shape index (κ3) is 6.37. The molecule has 2 aliphatic rings. The number of hydrogen-bond acceptors (Lipinski definition) is 6. The first-order chi connectivity index (χ1) is 20.2. The number of benzene rings is 2. The Kier molecular flexibility index (Phi) is 9.17. The van der Waals surface area contributed by atoms with Crippen LogP contribution in [0.15, 0.2) is 36.4 Å². The third-order valence-corrected chi connectivity index (χ3v) is 8.01. The molecule has 1 atom stereocenters. The fourth-order valence-corrected chi connectivity index (χ4v) is 5.93. The molecule has 14 heteroatoms. The first-order valence-electron chi connectivity index (χ1n) is 13.5. The van der Waals surface area contributed by atoms with Gasteiger partial charge in [-0.15, -0.1) is 0 Å². The molecule has 2 heterocycles. The van der Waals surface area contributed by atoms with Crippen molar-refractivity contribution in [3.05, 3.63) is 53.1 Å². The van der Waals surface area contributed by atoms with Gasteiger partial charge in [0.2, 0.25) is 0 Å². The first-order valence-corrected chi connectivity index (χ1v) is 13.9. The Balaban J connectivity index is 1.55. The lowest BCUT2D eigenvalue weighted by atomic mass is 10.0. The van der Waals surface area contributed by atoms with E-state index >= 15 is 0 Å². The van der Waals surface area contributed by atoms with Gasteiger partial charge in [-0.25, -0.2) is 4.79 Å². The zero-order chi connectivity index (χ0) is 31.7. The Bertz CT molecular complexity index is 1460. The molecule has 43 heavy (non-hydrogen) atoms. The van der Waals surface area contributed by atoms with Crippen LogP contribution in [0.25, 0.3) is 0 Å². The summed E-state index contributed by atoms with van der Waals surface area (Å²) in [7, 11) is 0. The molecule has 0 bridgehead atoms. The average Bonchev–Trinajstić information content (AvgIpc) is 3.11. The van der Waals surface area contributed by atoms with Crippen molar-refractivity contribution >= 4 is 40.7 Å². The van der Waals surface area contributed by atoms with Gasteiger partial charge in [-0.2, -0.15) is 18.4 Å². The van der Waals surface area contributed by atoms with E-state index in [0.29, 0.717) is 43.2 Å². The van der Waals surface area contributed by atoms with Gasteiger partial charge in [0.05, 0.1) is 29.6 Å². The van der Waals surface area contributed by atoms with Crippen molar-refractivity contribution in [3.63, 3.8) is 0 Å². The number of rotatable bonds is 8. The van der Waals surface area contributed by atoms with Gasteiger partial charge in [0, 0.05) is 44.3 Å². The van der Waals surface area contributed by atoms with E-state index in [2.05, 4.69) is 4.90 Å². The smallest absolute Gasteiger partial charge is 0.417 e. The zero-order valence-corrected chi connectivity index (χ0v) is 24.6. The number of carbonyl (C=O) groups excluding carboxylic acids is 1. The predicted octanol–water partition coefficient (Wildman–Crippen LogP) is 5.07. The van der Waals surface area contributed by atoms with Crippen molar-refractivity contribution < 1.29 is 37.0 Å². The summed E-state index contributed by atoms with van der Waals surface area (Å²) in [6, 6.07) is 9.27. The largest absolute Gasteiger partial charge is 0.492 e. The van der Waals surface area contributed by atoms with Crippen LogP contribution in [-0.2, 0) is 17.4 Å². The average molecular weight is 622 g/mol. The third-order valence-electron chi connectivity index (χ3n) is 7.64. The summed E-state index contributed by atoms with van der Waals surface area (Å²) in [4.78, 5) is 30.8. The van der Waals surface area contributed by atoms with Crippen molar-refractivity contribution in [3.8, 4) is 11.8 Å². The molecule has 2 saturated heterocycles. The monoisotopic (exact) mass is 621 g/mol. The van der Waals surface area contributed by atoms with Crippen LogP contribution in [0.5, 0.6) is 5.75 Å². The van der Waals surface area contributed by atoms with E-state index in [1.165, 1.54) is 21.9 Å². The van der Waals surface area contributed by atoms with E-state index < -0.39 is 41.5 Å². The summed E-state index contributed by atoms with van der Waals surface area (Å²) in [5.74, 6) is -0.133. The van der Waals surface area contributed by atoms with Gasteiger partial charge < -0.3 is 19.6 Å². The van der Waals surface area contributed by atoms with Crippen molar-refractivity contribution in [2.24, 2.45) is 0 Å². The molecule has 0 aliphatic carbocycles. The Hall–Kier alpha value is -3.96. The number of carbonyl (C=O) groups is 2. The topological polar surface area (TPSA) is 100 Å². The highest BCUT2D eigenvalue weighted by Gasteiger charge is 2.51. The number of ether oxygens (including phenoxy) is 1. The lowest BCUT2D eigenvalue weighted by Gasteiger charge is -2.38. The maximum Gasteiger partial charge on any atom is 0.417 e. The number of hydrogen-bond donors (Lipinski definition) is 1. The van der Waals surface area contributed by atoms with Gasteiger partial charge in [0.25, 0.3) is 5.91 Å². The van der Waals surface area contributed by atoms with Crippen molar-refractivity contribution in [2.45, 2.75) is 44.9 Å². The highest BCUT2D eigenvalue weighted by atomic mass is 32.1. The lowest BCUT2D eigenvalue weighted by molar-refractivity contribution is -0.137. The molecule has 0 spiro atoms. The molecule has 0 radical (unpaired) electrons. The maximum atomic E-state index is 13.6. The lowest BCUT2D eigenvalue weighted by Crippen LogP contribution is -2.54. The summed E-state index contributed by atoms with van der Waals surface area (Å²) < 4.78 is 60.4. The van der Waals surface area contributed by atoms with E-state index in [9.17, 15) is 32.3 Å². The van der Waals surface area contributed by atoms with Crippen LogP contribution in [0, 0.1) is 11.3 Å². The van der Waals surface area contributed by atoms with Gasteiger partial charge in [0.1, 0.15) is 17.9 Å². The fraction of sp³-hybridized carbons (Fsp3) is 0.448. The van der Waals surface area contributed by atoms with Gasteiger partial charge in [-0.3, -0.25) is 19.0 Å². The number of carboxylic acid groups (broad SMARTS) is 1. The van der Waals surface area contributed by atoms with Crippen LogP contribution < -0.4 is 14.5 Å². The quantitative estimate of drug-likeness (QED) is 0.322. The number of piperazine rings is 1. The number of halogens is 4. The molecule has 0 unspecified atom stereocenters. The second-order valence-corrected chi connectivity index (χ2v) is 11.2. The normalized spacial score (nSPS) is 19.1. The van der Waals surface area contributed by atoms with E-state index in [-0.39, 0.29) is 29.9 Å². The Labute approximate surface area is 251 Å². The summed E-state index contributed by atoms with van der Waals surface area (Å²) in [5.41, 5.74) is -2.22. The standard InChI is InChI=1S/C29H31F4N5O4S/c1-18-17-35(10-11-36(18)27(40)41)12-13-42-24-7-6-22(14-19(24)8-9-30)38-26(43)37(25(39)28(38,2)3)21-5-4-20(16-34)23(15-21)29(31,32)33/h4-7,14-15,18H,8-13,17H2,1-3H3,(H,40,41)/t18-/m0/s1. The minimum atomic E-state index is -4.82. The molecular formula is C29H31F4N5O4S. The summed E-state index contributed by atoms with van der Waals surface area (Å²) in [5, 5.41) is 18.3. The van der Waals surface area contributed by atoms with Crippen molar-refractivity contribution in [1.29, 1.82) is 5.26 Å². The van der Waals surface area contributed by atoms with Crippen LogP contribution in [0.4, 0.5) is 33.7 Å². The molecule has 230 valence electrons. The van der Waals surface area contributed by atoms with Crippen LogP contribution >= 0.6 is 12.2 Å². The predicted molar refractivity (Wildman–Crippen MR) is 155 cm³/mol. The number of amides is 2. The second-order valence-electron chi connectivity index (χ2n) is 10.9. The van der Waals surface area contributed by atoms with Crippen LogP contribution in [-0.4, -0.2) is 83.1 Å². The Morgan fingerprint density at radius 1 is 1.19 bits per heavy atom. The minimum Gasteiger partial charge on any atom is -0.492 e. The summed E-state index contributed by atoms with van der Waals surface area (Å²) >= 11 is 5.60. The molecule has 2 aromatic carbocycles. The number of nitriles is 1. The van der Waals surface area contributed by atoms with Gasteiger partial charge >= 0.3 is 12.3 Å². The Morgan fingerprint density at radius 2 is 1.88 bits per heavy atom. The molecule has 2 amide bonds. The Morgan fingerprint density at radius 3 is 2.49 bits per heavy atom. The molecular weight excluding hydrogens is 590 g/mol. The van der Waals surface area contributed by atoms with Gasteiger partial charge in [0.15, 0.2) is 5.11 Å². The number of thiocarbonyl (C=S) groups is 1.